The highest BCUT2D eigenvalue weighted by atomic mass is 16.5. The number of fused-ring (bicyclic) bond motifs is 10. The molecule has 0 bridgehead atoms. The molecule has 356 valence electrons. The van der Waals surface area contributed by atoms with Crippen LogP contribution in [0.1, 0.15) is 5.56 Å². The number of nitrogens with zero attached hydrogens (tertiary/aromatic N) is 6. The fourth-order valence-corrected chi connectivity index (χ4v) is 12.1. The van der Waals surface area contributed by atoms with Crippen molar-refractivity contribution in [1.29, 1.82) is 0 Å². The number of pyridine rings is 1. The van der Waals surface area contributed by atoms with Crippen LogP contribution in [0.15, 0.2) is 243 Å². The molecule has 10 aromatic carbocycles. The summed E-state index contributed by atoms with van der Waals surface area (Å²) in [5, 5.41) is 7.15. The Labute approximate surface area is 433 Å². The Morgan fingerprint density at radius 2 is 0.907 bits per heavy atom. The molecular formula is C68H48N6O. The first-order chi connectivity index (χ1) is 37.1. The molecule has 1 aliphatic heterocycles. The van der Waals surface area contributed by atoms with Crippen LogP contribution in [0.3, 0.4) is 0 Å². The summed E-state index contributed by atoms with van der Waals surface area (Å²) in [4.78, 5) is 10.2. The predicted molar refractivity (Wildman–Crippen MR) is 311 cm³/mol. The summed E-state index contributed by atoms with van der Waals surface area (Å²) in [5.41, 5.74) is 17.8. The van der Waals surface area contributed by atoms with E-state index >= 15 is 0 Å². The van der Waals surface area contributed by atoms with Gasteiger partial charge in [0, 0.05) is 74.5 Å². The van der Waals surface area contributed by atoms with Crippen LogP contribution in [-0.2, 0) is 0 Å². The molecule has 7 nitrogen and oxygen atoms in total. The number of hydrogen-bond acceptors (Lipinski definition) is 4. The standard InChI is InChI=1S/C68H48N6O/c1-44-38-66(69-42-55(44)68-63(72-56-29-11-6-24-49(56)50-25-7-12-30-57(50)72)36-19-37-64(68)73-58-31-13-8-26-51(58)52-27-9-14-32-59(52)73)74-60-33-15-10-28-53(60)67-54(45-20-4-3-5-21-45)40-48(41-65(67)74)75-47-23-18-22-46(39-47)71-43-70(2)61-34-16-17-35-62(61)71/h3-42H,43H2,1-2H3. The van der Waals surface area contributed by atoms with Crippen molar-refractivity contribution < 1.29 is 4.74 Å². The SMILES string of the molecule is Cc1cc(-n2c3ccccc3c3c(-c4ccccc4)cc(Oc4cccc(N5CN(C)c6ccccc65)c4)cc32)ncc1-c1c(-n2c3ccccc3c3ccccc32)cccc1-n1c2ccccc2c2ccccc21. The maximum Gasteiger partial charge on any atom is 0.137 e. The minimum absolute atomic E-state index is 0.741. The van der Waals surface area contributed by atoms with E-state index < -0.39 is 0 Å². The van der Waals surface area contributed by atoms with Gasteiger partial charge in [-0.1, -0.05) is 146 Å². The summed E-state index contributed by atoms with van der Waals surface area (Å²) < 4.78 is 14.2. The van der Waals surface area contributed by atoms with Crippen molar-refractivity contribution in [1.82, 2.24) is 18.7 Å². The van der Waals surface area contributed by atoms with Crippen molar-refractivity contribution in [3.05, 3.63) is 248 Å². The second-order valence-electron chi connectivity index (χ2n) is 19.7. The third-order valence-corrected chi connectivity index (χ3v) is 15.4. The van der Waals surface area contributed by atoms with Gasteiger partial charge in [0.2, 0.25) is 0 Å². The maximum atomic E-state index is 6.99. The first-order valence-corrected chi connectivity index (χ1v) is 25.6. The number of benzene rings is 10. The second kappa shape index (κ2) is 16.9. The van der Waals surface area contributed by atoms with Crippen LogP contribution in [0.4, 0.5) is 17.1 Å². The van der Waals surface area contributed by atoms with Crippen molar-refractivity contribution in [2.75, 3.05) is 23.5 Å². The Morgan fingerprint density at radius 3 is 1.51 bits per heavy atom. The summed E-state index contributed by atoms with van der Waals surface area (Å²) >= 11 is 0. The van der Waals surface area contributed by atoms with E-state index in [0.717, 1.165) is 113 Å². The molecule has 0 saturated carbocycles. The van der Waals surface area contributed by atoms with Crippen molar-refractivity contribution in [2.45, 2.75) is 6.92 Å². The molecule has 0 unspecified atom stereocenters. The van der Waals surface area contributed by atoms with Crippen LogP contribution in [0, 0.1) is 6.92 Å². The first kappa shape index (κ1) is 42.8. The van der Waals surface area contributed by atoms with Gasteiger partial charge in [0.25, 0.3) is 0 Å². The van der Waals surface area contributed by atoms with Gasteiger partial charge in [-0.2, -0.15) is 0 Å². The van der Waals surface area contributed by atoms with Crippen LogP contribution < -0.4 is 14.5 Å². The van der Waals surface area contributed by atoms with E-state index in [1.807, 2.05) is 6.07 Å². The molecule has 0 atom stereocenters. The normalized spacial score (nSPS) is 12.6. The van der Waals surface area contributed by atoms with E-state index in [9.17, 15) is 0 Å². The zero-order chi connectivity index (χ0) is 49.7. The molecule has 75 heavy (non-hydrogen) atoms. The maximum absolute atomic E-state index is 6.99. The highest BCUT2D eigenvalue weighted by Gasteiger charge is 2.27. The average Bonchev–Trinajstić information content (AvgIpc) is 4.27. The molecule has 15 rings (SSSR count). The highest BCUT2D eigenvalue weighted by molar-refractivity contribution is 6.17. The molecule has 0 radical (unpaired) electrons. The number of rotatable bonds is 8. The quantitative estimate of drug-likeness (QED) is 0.152. The largest absolute Gasteiger partial charge is 0.457 e. The fraction of sp³-hybridized carbons (Fsp3) is 0.0441. The second-order valence-corrected chi connectivity index (χ2v) is 19.7. The Balaban J connectivity index is 0.943. The fourth-order valence-electron chi connectivity index (χ4n) is 12.1. The van der Waals surface area contributed by atoms with Crippen molar-refractivity contribution in [2.24, 2.45) is 0 Å². The highest BCUT2D eigenvalue weighted by Crippen LogP contribution is 2.46. The van der Waals surface area contributed by atoms with Crippen LogP contribution in [-0.4, -0.2) is 32.4 Å². The number of hydrogen-bond donors (Lipinski definition) is 0. The molecule has 0 aliphatic carbocycles. The van der Waals surface area contributed by atoms with E-state index in [1.165, 1.54) is 32.9 Å². The Bertz CT molecular complexity index is 4360. The molecule has 0 amide bonds. The van der Waals surface area contributed by atoms with E-state index in [1.54, 1.807) is 0 Å². The smallest absolute Gasteiger partial charge is 0.137 e. The lowest BCUT2D eigenvalue weighted by atomic mass is 9.98. The molecule has 0 fully saturated rings. The molecule has 1 aliphatic rings. The Morgan fingerprint density at radius 1 is 0.400 bits per heavy atom. The zero-order valence-electron chi connectivity index (χ0n) is 41.4. The molecule has 0 saturated heterocycles. The predicted octanol–water partition coefficient (Wildman–Crippen LogP) is 17.4. The number of para-hydroxylation sites is 7. The van der Waals surface area contributed by atoms with E-state index in [4.69, 9.17) is 9.72 Å². The summed E-state index contributed by atoms with van der Waals surface area (Å²) in [5.74, 6) is 2.33. The van der Waals surface area contributed by atoms with Gasteiger partial charge in [0.05, 0.1) is 62.5 Å². The van der Waals surface area contributed by atoms with Gasteiger partial charge >= 0.3 is 0 Å². The molecule has 14 aromatic rings. The van der Waals surface area contributed by atoms with Gasteiger partial charge in [-0.3, -0.25) is 4.57 Å². The van der Waals surface area contributed by atoms with Gasteiger partial charge in [-0.25, -0.2) is 4.98 Å². The summed E-state index contributed by atoms with van der Waals surface area (Å²) in [7, 11) is 2.14. The number of ether oxygens (including phenoxy) is 1. The number of anilines is 3. The molecule has 4 aromatic heterocycles. The van der Waals surface area contributed by atoms with Gasteiger partial charge in [-0.15, -0.1) is 0 Å². The molecule has 5 heterocycles. The topological polar surface area (TPSA) is 43.4 Å². The number of aromatic nitrogens is 4. The lowest BCUT2D eigenvalue weighted by molar-refractivity contribution is 0.483. The average molecular weight is 965 g/mol. The van der Waals surface area contributed by atoms with Crippen molar-refractivity contribution in [3.8, 4) is 50.9 Å². The van der Waals surface area contributed by atoms with Gasteiger partial charge in [0.15, 0.2) is 0 Å². The van der Waals surface area contributed by atoms with Crippen molar-refractivity contribution >= 4 is 82.5 Å². The third-order valence-electron chi connectivity index (χ3n) is 15.4. The Hall–Kier alpha value is -9.85. The molecular weight excluding hydrogens is 917 g/mol. The minimum atomic E-state index is 0.741. The first-order valence-electron chi connectivity index (χ1n) is 25.6. The lowest BCUT2D eigenvalue weighted by Gasteiger charge is -2.21. The lowest BCUT2D eigenvalue weighted by Crippen LogP contribution is -2.23. The third kappa shape index (κ3) is 6.64. The molecule has 7 heteroatoms. The number of aryl methyl sites for hydroxylation is 1. The van der Waals surface area contributed by atoms with Crippen molar-refractivity contribution in [3.63, 3.8) is 0 Å². The Kier molecular flexibility index (Phi) is 9.63. The van der Waals surface area contributed by atoms with Gasteiger partial charge < -0.3 is 23.7 Å². The van der Waals surface area contributed by atoms with E-state index in [0.29, 0.717) is 0 Å². The summed E-state index contributed by atoms with van der Waals surface area (Å²) in [6, 6.07) is 84.8. The summed E-state index contributed by atoms with van der Waals surface area (Å²) in [6.45, 7) is 2.99. The van der Waals surface area contributed by atoms with Crippen LogP contribution >= 0.6 is 0 Å². The van der Waals surface area contributed by atoms with E-state index in [2.05, 4.69) is 274 Å². The van der Waals surface area contributed by atoms with Gasteiger partial charge in [-0.05, 0) is 102 Å². The van der Waals surface area contributed by atoms with Gasteiger partial charge in [0.1, 0.15) is 17.3 Å². The van der Waals surface area contributed by atoms with Crippen LogP contribution in [0.5, 0.6) is 11.5 Å². The van der Waals surface area contributed by atoms with E-state index in [-0.39, 0.29) is 0 Å². The summed E-state index contributed by atoms with van der Waals surface area (Å²) in [6.07, 6.45) is 2.10. The minimum Gasteiger partial charge on any atom is -0.457 e. The zero-order valence-corrected chi connectivity index (χ0v) is 41.4. The van der Waals surface area contributed by atoms with Crippen LogP contribution in [0.25, 0.3) is 105 Å². The molecule has 0 spiro atoms. The van der Waals surface area contributed by atoms with Crippen LogP contribution in [0.2, 0.25) is 0 Å². The molecule has 0 N–H and O–H groups in total. The monoisotopic (exact) mass is 964 g/mol.